The van der Waals surface area contributed by atoms with E-state index in [4.69, 9.17) is 0 Å². The van der Waals surface area contributed by atoms with Crippen LogP contribution in [-0.4, -0.2) is 32.3 Å². The van der Waals surface area contributed by atoms with Crippen LogP contribution in [0.5, 0.6) is 0 Å². The third-order valence-corrected chi connectivity index (χ3v) is 5.78. The van der Waals surface area contributed by atoms with Crippen LogP contribution in [0.3, 0.4) is 0 Å². The van der Waals surface area contributed by atoms with Gasteiger partial charge in [-0.25, -0.2) is 0 Å². The van der Waals surface area contributed by atoms with Gasteiger partial charge >= 0.3 is 0 Å². The molecule has 0 saturated heterocycles. The number of carbonyl (C=O) groups excluding carboxylic acids is 2. The lowest BCUT2D eigenvalue weighted by atomic mass is 10.1. The fourth-order valence-corrected chi connectivity index (χ4v) is 3.87. The number of allylic oxidation sites excluding steroid dienone is 1. The molecule has 166 valence electrons. The van der Waals surface area contributed by atoms with Gasteiger partial charge < -0.3 is 15.2 Å². The molecule has 0 radical (unpaired) electrons. The Morgan fingerprint density at radius 1 is 1.06 bits per heavy atom. The molecule has 2 aromatic carbocycles. The molecule has 0 bridgehead atoms. The Bertz CT molecular complexity index is 1120. The van der Waals surface area contributed by atoms with Crippen LogP contribution in [0.15, 0.2) is 60.3 Å². The Morgan fingerprint density at radius 3 is 2.47 bits per heavy atom. The van der Waals surface area contributed by atoms with E-state index in [0.29, 0.717) is 23.1 Å². The Balaban J connectivity index is 1.61. The van der Waals surface area contributed by atoms with Gasteiger partial charge in [0.25, 0.3) is 5.91 Å². The molecule has 0 saturated carbocycles. The molecule has 0 unspecified atom stereocenters. The first-order valence-electron chi connectivity index (χ1n) is 10.2. The molecule has 0 spiro atoms. The SMILES string of the molecule is C=CCn1c(CNC(=O)c2ccc(C)cc2)nnc1SCC(=O)Nc1ccc(C)cc1C. The molecule has 0 aliphatic carbocycles. The van der Waals surface area contributed by atoms with E-state index in [1.54, 1.807) is 18.2 Å². The Hall–Kier alpha value is -3.39. The van der Waals surface area contributed by atoms with Gasteiger partial charge in [0.05, 0.1) is 12.3 Å². The van der Waals surface area contributed by atoms with Gasteiger partial charge in [-0.15, -0.1) is 16.8 Å². The largest absolute Gasteiger partial charge is 0.345 e. The van der Waals surface area contributed by atoms with Gasteiger partial charge in [-0.3, -0.25) is 9.59 Å². The van der Waals surface area contributed by atoms with Crippen LogP contribution in [0.4, 0.5) is 5.69 Å². The van der Waals surface area contributed by atoms with E-state index in [-0.39, 0.29) is 24.1 Å². The second kappa shape index (κ2) is 10.8. The van der Waals surface area contributed by atoms with Crippen LogP contribution in [0.2, 0.25) is 0 Å². The summed E-state index contributed by atoms with van der Waals surface area (Å²) in [6.45, 7) is 10.4. The van der Waals surface area contributed by atoms with Crippen molar-refractivity contribution in [2.75, 3.05) is 11.1 Å². The van der Waals surface area contributed by atoms with Crippen LogP contribution >= 0.6 is 11.8 Å². The van der Waals surface area contributed by atoms with E-state index in [9.17, 15) is 9.59 Å². The Labute approximate surface area is 192 Å². The summed E-state index contributed by atoms with van der Waals surface area (Å²) >= 11 is 1.29. The molecule has 8 heteroatoms. The van der Waals surface area contributed by atoms with Gasteiger partial charge in [0, 0.05) is 17.8 Å². The summed E-state index contributed by atoms with van der Waals surface area (Å²) in [6.07, 6.45) is 1.73. The summed E-state index contributed by atoms with van der Waals surface area (Å²) in [4.78, 5) is 24.8. The van der Waals surface area contributed by atoms with Crippen molar-refractivity contribution >= 4 is 29.3 Å². The maximum Gasteiger partial charge on any atom is 0.251 e. The highest BCUT2D eigenvalue weighted by atomic mass is 32.2. The van der Waals surface area contributed by atoms with E-state index in [0.717, 1.165) is 22.4 Å². The number of hydrogen-bond donors (Lipinski definition) is 2. The molecule has 2 N–H and O–H groups in total. The fourth-order valence-electron chi connectivity index (χ4n) is 3.11. The minimum absolute atomic E-state index is 0.121. The lowest BCUT2D eigenvalue weighted by Gasteiger charge is -2.10. The van der Waals surface area contributed by atoms with Crippen molar-refractivity contribution in [1.29, 1.82) is 0 Å². The zero-order valence-corrected chi connectivity index (χ0v) is 19.3. The Morgan fingerprint density at radius 2 is 1.78 bits per heavy atom. The van der Waals surface area contributed by atoms with Gasteiger partial charge in [0.15, 0.2) is 11.0 Å². The van der Waals surface area contributed by atoms with E-state index in [2.05, 4.69) is 27.4 Å². The van der Waals surface area contributed by atoms with Gasteiger partial charge in [-0.2, -0.15) is 0 Å². The second-order valence-corrected chi connectivity index (χ2v) is 8.44. The number of carbonyl (C=O) groups is 2. The molecule has 7 nitrogen and oxygen atoms in total. The maximum atomic E-state index is 12.4. The van der Waals surface area contributed by atoms with Gasteiger partial charge in [0.2, 0.25) is 5.91 Å². The van der Waals surface area contributed by atoms with E-state index >= 15 is 0 Å². The molecular weight excluding hydrogens is 422 g/mol. The first kappa shape index (κ1) is 23.3. The number of amides is 2. The van der Waals surface area contributed by atoms with Crippen LogP contribution in [0.1, 0.15) is 32.9 Å². The number of nitrogens with one attached hydrogen (secondary N) is 2. The van der Waals surface area contributed by atoms with Gasteiger partial charge in [-0.1, -0.05) is 53.2 Å². The average Bonchev–Trinajstić information content (AvgIpc) is 3.15. The van der Waals surface area contributed by atoms with Crippen molar-refractivity contribution in [3.05, 3.63) is 83.2 Å². The number of nitrogens with zero attached hydrogens (tertiary/aromatic N) is 3. The van der Waals surface area contributed by atoms with Crippen molar-refractivity contribution in [2.24, 2.45) is 0 Å². The van der Waals surface area contributed by atoms with Crippen molar-refractivity contribution in [3.63, 3.8) is 0 Å². The number of aromatic nitrogens is 3. The lowest BCUT2D eigenvalue weighted by molar-refractivity contribution is -0.113. The topological polar surface area (TPSA) is 88.9 Å². The molecule has 0 atom stereocenters. The molecule has 3 aromatic rings. The molecular formula is C24H27N5O2S. The summed E-state index contributed by atoms with van der Waals surface area (Å²) in [7, 11) is 0. The van der Waals surface area contributed by atoms with E-state index < -0.39 is 0 Å². The first-order chi connectivity index (χ1) is 15.4. The first-order valence-corrected chi connectivity index (χ1v) is 11.2. The number of benzene rings is 2. The molecule has 1 heterocycles. The molecule has 0 fully saturated rings. The highest BCUT2D eigenvalue weighted by molar-refractivity contribution is 7.99. The summed E-state index contributed by atoms with van der Waals surface area (Å²) < 4.78 is 1.84. The third-order valence-electron chi connectivity index (χ3n) is 4.81. The van der Waals surface area contributed by atoms with Crippen LogP contribution in [-0.2, 0) is 17.9 Å². The summed E-state index contributed by atoms with van der Waals surface area (Å²) in [6, 6.07) is 13.3. The molecule has 1 aromatic heterocycles. The minimum atomic E-state index is -0.180. The molecule has 0 aliphatic rings. The average molecular weight is 450 g/mol. The second-order valence-electron chi connectivity index (χ2n) is 7.50. The predicted octanol–water partition coefficient (Wildman–Crippen LogP) is 4.05. The van der Waals surface area contributed by atoms with Gasteiger partial charge in [-0.05, 0) is 44.5 Å². The van der Waals surface area contributed by atoms with Crippen molar-refractivity contribution in [1.82, 2.24) is 20.1 Å². The number of thioether (sulfide) groups is 1. The normalized spacial score (nSPS) is 10.6. The van der Waals surface area contributed by atoms with Crippen LogP contribution in [0.25, 0.3) is 0 Å². The predicted molar refractivity (Wildman–Crippen MR) is 128 cm³/mol. The zero-order valence-electron chi connectivity index (χ0n) is 18.5. The molecule has 2 amide bonds. The highest BCUT2D eigenvalue weighted by Crippen LogP contribution is 2.20. The highest BCUT2D eigenvalue weighted by Gasteiger charge is 2.15. The van der Waals surface area contributed by atoms with Crippen LogP contribution in [0, 0.1) is 20.8 Å². The molecule has 32 heavy (non-hydrogen) atoms. The van der Waals surface area contributed by atoms with Crippen molar-refractivity contribution in [2.45, 2.75) is 39.0 Å². The maximum absolute atomic E-state index is 12.4. The van der Waals surface area contributed by atoms with Crippen molar-refractivity contribution < 1.29 is 9.59 Å². The quantitative estimate of drug-likeness (QED) is 0.380. The fraction of sp³-hybridized carbons (Fsp3) is 0.250. The van der Waals surface area contributed by atoms with Gasteiger partial charge in [0.1, 0.15) is 0 Å². The number of hydrogen-bond acceptors (Lipinski definition) is 5. The summed E-state index contributed by atoms with van der Waals surface area (Å²) in [5.74, 6) is 0.491. The van der Waals surface area contributed by atoms with E-state index in [1.165, 1.54) is 11.8 Å². The van der Waals surface area contributed by atoms with E-state index in [1.807, 2.05) is 55.7 Å². The monoisotopic (exact) mass is 449 g/mol. The lowest BCUT2D eigenvalue weighted by Crippen LogP contribution is -2.24. The smallest absolute Gasteiger partial charge is 0.251 e. The molecule has 3 rings (SSSR count). The summed E-state index contributed by atoms with van der Waals surface area (Å²) in [5, 5.41) is 14.8. The standard InChI is InChI=1S/C24H27N5O2S/c1-5-12-29-21(14-25-23(31)19-9-6-16(2)7-10-19)27-28-24(29)32-15-22(30)26-20-11-8-17(3)13-18(20)4/h5-11,13H,1,12,14-15H2,2-4H3,(H,25,31)(H,26,30). The zero-order chi connectivity index (χ0) is 23.1. The number of anilines is 1. The van der Waals surface area contributed by atoms with Crippen LogP contribution < -0.4 is 10.6 Å². The van der Waals surface area contributed by atoms with Crippen molar-refractivity contribution in [3.8, 4) is 0 Å². The number of rotatable bonds is 9. The summed E-state index contributed by atoms with van der Waals surface area (Å²) in [5.41, 5.74) is 4.64. The third kappa shape index (κ3) is 6.07. The minimum Gasteiger partial charge on any atom is -0.345 e. The molecule has 0 aliphatic heterocycles. The Kier molecular flexibility index (Phi) is 7.83. The number of aryl methyl sites for hydroxylation is 3.